The van der Waals surface area contributed by atoms with Gasteiger partial charge in [0.1, 0.15) is 11.7 Å². The summed E-state index contributed by atoms with van der Waals surface area (Å²) >= 11 is 0. The molecule has 0 aliphatic carbocycles. The Kier molecular flexibility index (Phi) is 5.12. The van der Waals surface area contributed by atoms with Crippen LogP contribution >= 0.6 is 0 Å². The summed E-state index contributed by atoms with van der Waals surface area (Å²) in [5.41, 5.74) is 2.84. The number of nitrogens with zero attached hydrogens (tertiary/aromatic N) is 1. The summed E-state index contributed by atoms with van der Waals surface area (Å²) in [4.78, 5) is 26.6. The number of anilines is 1. The Morgan fingerprint density at radius 3 is 2.40 bits per heavy atom. The summed E-state index contributed by atoms with van der Waals surface area (Å²) in [6.45, 7) is 2.91. The summed E-state index contributed by atoms with van der Waals surface area (Å²) in [5.74, 6) is -1.42. The van der Waals surface area contributed by atoms with Crippen LogP contribution in [0.15, 0.2) is 48.5 Å². The summed E-state index contributed by atoms with van der Waals surface area (Å²) in [5, 5.41) is 2.77. The molecule has 0 saturated carbocycles. The molecule has 1 aliphatic rings. The predicted octanol–water partition coefficient (Wildman–Crippen LogP) is 3.06. The van der Waals surface area contributed by atoms with Gasteiger partial charge in [0.2, 0.25) is 11.8 Å². The fraction of sp³-hybridized carbons (Fsp3) is 0.300. The Bertz CT molecular complexity index is 756. The summed E-state index contributed by atoms with van der Waals surface area (Å²) < 4.78 is 12.9. The van der Waals surface area contributed by atoms with Crippen LogP contribution in [0.5, 0.6) is 0 Å². The van der Waals surface area contributed by atoms with Crippen molar-refractivity contribution >= 4 is 17.5 Å². The number of rotatable bonds is 5. The number of aryl methyl sites for hydroxylation is 1. The molecular weight excluding hydrogens is 319 g/mol. The maximum Gasteiger partial charge on any atom is 0.239 e. The monoisotopic (exact) mass is 340 g/mol. The number of hydrogen-bond donors (Lipinski definition) is 1. The lowest BCUT2D eigenvalue weighted by atomic mass is 10.1. The summed E-state index contributed by atoms with van der Waals surface area (Å²) in [6, 6.07) is 13.8. The van der Waals surface area contributed by atoms with E-state index in [1.807, 2.05) is 24.3 Å². The van der Waals surface area contributed by atoms with E-state index in [0.717, 1.165) is 17.7 Å². The molecule has 2 aromatic rings. The fourth-order valence-corrected chi connectivity index (χ4v) is 3.01. The SMILES string of the molecule is CCc1ccc(N2CC[C@H](C(=O)NCc3ccc(F)cc3)C2=O)cc1. The molecule has 0 spiro atoms. The highest BCUT2D eigenvalue weighted by Crippen LogP contribution is 2.26. The van der Waals surface area contributed by atoms with Gasteiger partial charge in [-0.05, 0) is 48.2 Å². The molecule has 130 valence electrons. The van der Waals surface area contributed by atoms with E-state index in [1.54, 1.807) is 17.0 Å². The van der Waals surface area contributed by atoms with Crippen molar-refractivity contribution in [2.45, 2.75) is 26.3 Å². The first kappa shape index (κ1) is 17.1. The second-order valence-electron chi connectivity index (χ2n) is 6.20. The number of halogens is 1. The minimum absolute atomic E-state index is 0.166. The molecule has 1 fully saturated rings. The van der Waals surface area contributed by atoms with Crippen LogP contribution in [0.2, 0.25) is 0 Å². The van der Waals surface area contributed by atoms with Crippen LogP contribution in [0, 0.1) is 11.7 Å². The van der Waals surface area contributed by atoms with E-state index in [0.29, 0.717) is 13.0 Å². The van der Waals surface area contributed by atoms with Crippen molar-refractivity contribution in [2.75, 3.05) is 11.4 Å². The number of benzene rings is 2. The maximum absolute atomic E-state index is 12.9. The topological polar surface area (TPSA) is 49.4 Å². The average molecular weight is 340 g/mol. The number of carbonyl (C=O) groups excluding carboxylic acids is 2. The largest absolute Gasteiger partial charge is 0.351 e. The third kappa shape index (κ3) is 3.87. The van der Waals surface area contributed by atoms with E-state index in [2.05, 4.69) is 12.2 Å². The van der Waals surface area contributed by atoms with Crippen molar-refractivity contribution in [3.05, 3.63) is 65.5 Å². The molecule has 0 radical (unpaired) electrons. The molecule has 0 aromatic heterocycles. The van der Waals surface area contributed by atoms with Gasteiger partial charge in [-0.2, -0.15) is 0 Å². The van der Waals surface area contributed by atoms with Crippen molar-refractivity contribution in [2.24, 2.45) is 5.92 Å². The molecule has 1 heterocycles. The average Bonchev–Trinajstić information content (AvgIpc) is 3.02. The minimum Gasteiger partial charge on any atom is -0.351 e. The first-order valence-corrected chi connectivity index (χ1v) is 8.51. The maximum atomic E-state index is 12.9. The van der Waals surface area contributed by atoms with Gasteiger partial charge in [0.25, 0.3) is 0 Å². The molecule has 5 heteroatoms. The zero-order valence-corrected chi connectivity index (χ0v) is 14.2. The first-order chi connectivity index (χ1) is 12.1. The Morgan fingerprint density at radius 1 is 1.12 bits per heavy atom. The van der Waals surface area contributed by atoms with E-state index in [9.17, 15) is 14.0 Å². The number of nitrogens with one attached hydrogen (secondary N) is 1. The first-order valence-electron chi connectivity index (χ1n) is 8.51. The quantitative estimate of drug-likeness (QED) is 0.851. The minimum atomic E-state index is -0.661. The van der Waals surface area contributed by atoms with Crippen LogP contribution in [0.1, 0.15) is 24.5 Å². The summed E-state index contributed by atoms with van der Waals surface area (Å²) in [7, 11) is 0. The molecule has 1 aliphatic heterocycles. The van der Waals surface area contributed by atoms with E-state index in [1.165, 1.54) is 17.7 Å². The van der Waals surface area contributed by atoms with Gasteiger partial charge in [0, 0.05) is 18.8 Å². The molecule has 25 heavy (non-hydrogen) atoms. The van der Waals surface area contributed by atoms with Crippen LogP contribution in [-0.4, -0.2) is 18.4 Å². The molecule has 1 N–H and O–H groups in total. The standard InChI is InChI=1S/C20H21FN2O2/c1-2-14-5-9-17(10-6-14)23-12-11-18(20(23)25)19(24)22-13-15-3-7-16(21)8-4-15/h3-10,18H,2,11-13H2,1H3,(H,22,24)/t18-/m1/s1. The van der Waals surface area contributed by atoms with Crippen LogP contribution in [0.3, 0.4) is 0 Å². The molecule has 2 aromatic carbocycles. The van der Waals surface area contributed by atoms with Crippen LogP contribution < -0.4 is 10.2 Å². The number of carbonyl (C=O) groups is 2. The van der Waals surface area contributed by atoms with Crippen LogP contribution in [0.25, 0.3) is 0 Å². The molecule has 0 bridgehead atoms. The Balaban J connectivity index is 1.60. The molecule has 3 rings (SSSR count). The normalized spacial score (nSPS) is 17.0. The highest BCUT2D eigenvalue weighted by Gasteiger charge is 2.37. The van der Waals surface area contributed by atoms with Crippen LogP contribution in [-0.2, 0) is 22.6 Å². The molecule has 4 nitrogen and oxygen atoms in total. The van der Waals surface area contributed by atoms with Gasteiger partial charge in [-0.1, -0.05) is 31.2 Å². The molecule has 1 saturated heterocycles. The lowest BCUT2D eigenvalue weighted by Gasteiger charge is -2.17. The second kappa shape index (κ2) is 7.47. The molecular formula is C20H21FN2O2. The van der Waals surface area contributed by atoms with Gasteiger partial charge >= 0.3 is 0 Å². The fourth-order valence-electron chi connectivity index (χ4n) is 3.01. The van der Waals surface area contributed by atoms with Crippen LogP contribution in [0.4, 0.5) is 10.1 Å². The van der Waals surface area contributed by atoms with Crippen molar-refractivity contribution in [3.8, 4) is 0 Å². The van der Waals surface area contributed by atoms with Gasteiger partial charge in [-0.15, -0.1) is 0 Å². The lowest BCUT2D eigenvalue weighted by molar-refractivity contribution is -0.132. The Labute approximate surface area is 146 Å². The lowest BCUT2D eigenvalue weighted by Crippen LogP contribution is -2.36. The third-order valence-corrected chi connectivity index (χ3v) is 4.56. The van der Waals surface area contributed by atoms with Gasteiger partial charge < -0.3 is 10.2 Å². The Morgan fingerprint density at radius 2 is 1.76 bits per heavy atom. The van der Waals surface area contributed by atoms with Crippen molar-refractivity contribution in [3.63, 3.8) is 0 Å². The number of hydrogen-bond acceptors (Lipinski definition) is 2. The molecule has 0 unspecified atom stereocenters. The van der Waals surface area contributed by atoms with E-state index in [4.69, 9.17) is 0 Å². The highest BCUT2D eigenvalue weighted by molar-refractivity contribution is 6.09. The highest BCUT2D eigenvalue weighted by atomic mass is 19.1. The van der Waals surface area contributed by atoms with E-state index < -0.39 is 5.92 Å². The second-order valence-corrected chi connectivity index (χ2v) is 6.20. The third-order valence-electron chi connectivity index (χ3n) is 4.56. The summed E-state index contributed by atoms with van der Waals surface area (Å²) in [6.07, 6.45) is 1.45. The number of amides is 2. The van der Waals surface area contributed by atoms with Gasteiger partial charge in [0.05, 0.1) is 0 Å². The van der Waals surface area contributed by atoms with Crippen molar-refractivity contribution in [1.82, 2.24) is 5.32 Å². The zero-order valence-electron chi connectivity index (χ0n) is 14.2. The molecule has 2 amide bonds. The van der Waals surface area contributed by atoms with Crippen molar-refractivity contribution in [1.29, 1.82) is 0 Å². The van der Waals surface area contributed by atoms with E-state index >= 15 is 0 Å². The smallest absolute Gasteiger partial charge is 0.239 e. The van der Waals surface area contributed by atoms with Gasteiger partial charge in [-0.3, -0.25) is 9.59 Å². The van der Waals surface area contributed by atoms with Crippen molar-refractivity contribution < 1.29 is 14.0 Å². The van der Waals surface area contributed by atoms with Gasteiger partial charge in [-0.25, -0.2) is 4.39 Å². The Hall–Kier alpha value is -2.69. The predicted molar refractivity (Wildman–Crippen MR) is 94.5 cm³/mol. The van der Waals surface area contributed by atoms with E-state index in [-0.39, 0.29) is 24.2 Å². The molecule has 1 atom stereocenters. The van der Waals surface area contributed by atoms with Gasteiger partial charge in [0.15, 0.2) is 0 Å². The zero-order chi connectivity index (χ0) is 17.8.